The van der Waals surface area contributed by atoms with Crippen LogP contribution in [0.2, 0.25) is 0 Å². The molecule has 0 aliphatic carbocycles. The van der Waals surface area contributed by atoms with E-state index in [-0.39, 0.29) is 5.69 Å². The molecule has 9 heteroatoms. The van der Waals surface area contributed by atoms with Gasteiger partial charge in [-0.25, -0.2) is 4.39 Å². The van der Waals surface area contributed by atoms with Crippen molar-refractivity contribution in [3.63, 3.8) is 0 Å². The first-order chi connectivity index (χ1) is 10.4. The average Bonchev–Trinajstić information content (AvgIpc) is 2.43. The third kappa shape index (κ3) is 3.64. The number of anilines is 1. The number of nitrogens with two attached hydrogens (primary N) is 1. The van der Waals surface area contributed by atoms with Crippen molar-refractivity contribution in [2.45, 2.75) is 50.8 Å². The van der Waals surface area contributed by atoms with Crippen LogP contribution >= 0.6 is 0 Å². The van der Waals surface area contributed by atoms with Crippen molar-refractivity contribution in [3.05, 3.63) is 23.8 Å². The van der Waals surface area contributed by atoms with Gasteiger partial charge in [-0.15, -0.1) is 0 Å². The summed E-state index contributed by atoms with van der Waals surface area (Å²) in [6.07, 6.45) is -11.9. The minimum atomic E-state index is -6.17. The van der Waals surface area contributed by atoms with Crippen LogP contribution in [-0.2, 0) is 5.67 Å². The molecule has 0 amide bonds. The largest absolute Gasteiger partial charge is 0.488 e. The summed E-state index contributed by atoms with van der Waals surface area (Å²) in [5.41, 5.74) is -1.79. The Balaban J connectivity index is 3.42. The van der Waals surface area contributed by atoms with E-state index in [9.17, 15) is 30.7 Å². The van der Waals surface area contributed by atoms with Gasteiger partial charge in [-0.05, 0) is 25.0 Å². The Labute approximate surface area is 128 Å². The van der Waals surface area contributed by atoms with Crippen molar-refractivity contribution in [1.82, 2.24) is 0 Å². The van der Waals surface area contributed by atoms with Gasteiger partial charge in [0.25, 0.3) is 0 Å². The minimum Gasteiger partial charge on any atom is -0.488 e. The van der Waals surface area contributed by atoms with E-state index in [1.165, 1.54) is 0 Å². The molecule has 0 aliphatic rings. The molecule has 0 unspecified atom stereocenters. The van der Waals surface area contributed by atoms with Gasteiger partial charge >= 0.3 is 18.0 Å². The van der Waals surface area contributed by atoms with Gasteiger partial charge in [0.15, 0.2) is 0 Å². The lowest BCUT2D eigenvalue weighted by molar-refractivity contribution is -0.348. The number of nitrogen functional groups attached to an aromatic ring is 1. The fourth-order valence-electron chi connectivity index (χ4n) is 1.97. The number of hydrogen-bond donors (Lipinski definition) is 1. The van der Waals surface area contributed by atoms with Crippen LogP contribution in [0.25, 0.3) is 0 Å². The molecule has 0 saturated carbocycles. The lowest BCUT2D eigenvalue weighted by Gasteiger charge is -2.31. The van der Waals surface area contributed by atoms with Crippen LogP contribution in [-0.4, -0.2) is 18.5 Å². The lowest BCUT2D eigenvalue weighted by Crippen LogP contribution is -2.50. The van der Waals surface area contributed by atoms with Crippen LogP contribution in [0.5, 0.6) is 5.75 Å². The van der Waals surface area contributed by atoms with E-state index in [1.54, 1.807) is 13.8 Å². The molecule has 23 heavy (non-hydrogen) atoms. The zero-order valence-electron chi connectivity index (χ0n) is 12.4. The lowest BCUT2D eigenvalue weighted by atomic mass is 9.93. The fourth-order valence-corrected chi connectivity index (χ4v) is 1.97. The van der Waals surface area contributed by atoms with Crippen molar-refractivity contribution in [2.75, 3.05) is 5.73 Å². The zero-order valence-corrected chi connectivity index (χ0v) is 12.4. The van der Waals surface area contributed by atoms with Gasteiger partial charge in [0.05, 0.1) is 11.8 Å². The number of ether oxygens (including phenoxy) is 1. The summed E-state index contributed by atoms with van der Waals surface area (Å²) in [5, 5.41) is 0. The standard InChI is InChI=1S/C14H16F7NO/c1-3-9(4-2)23-11-7-8(5-6-10(11)22)12(15,13(16,17)18)14(19,20)21/h5-7,9H,3-4,22H2,1-2H3. The van der Waals surface area contributed by atoms with E-state index in [1.807, 2.05) is 0 Å². The second kappa shape index (κ2) is 6.45. The van der Waals surface area contributed by atoms with Crippen molar-refractivity contribution in [1.29, 1.82) is 0 Å². The third-order valence-corrected chi connectivity index (χ3v) is 3.40. The molecule has 0 spiro atoms. The molecule has 2 N–H and O–H groups in total. The molecular weight excluding hydrogens is 331 g/mol. The molecule has 132 valence electrons. The highest BCUT2D eigenvalue weighted by Crippen LogP contribution is 2.53. The van der Waals surface area contributed by atoms with Gasteiger partial charge in [0, 0.05) is 5.56 Å². The number of halogens is 7. The fraction of sp³-hybridized carbons (Fsp3) is 0.571. The normalized spacial score (nSPS) is 13.5. The van der Waals surface area contributed by atoms with Crippen LogP contribution in [0, 0.1) is 0 Å². The highest BCUT2D eigenvalue weighted by atomic mass is 19.4. The maximum Gasteiger partial charge on any atom is 0.435 e. The Kier molecular flexibility index (Phi) is 5.43. The second-order valence-electron chi connectivity index (χ2n) is 4.96. The number of hydrogen-bond acceptors (Lipinski definition) is 2. The van der Waals surface area contributed by atoms with E-state index >= 15 is 0 Å². The average molecular weight is 347 g/mol. The molecule has 0 atom stereocenters. The Hall–Kier alpha value is -1.67. The Morgan fingerprint density at radius 2 is 1.43 bits per heavy atom. The predicted molar refractivity (Wildman–Crippen MR) is 70.7 cm³/mol. The van der Waals surface area contributed by atoms with Gasteiger partial charge in [0.2, 0.25) is 0 Å². The molecule has 0 radical (unpaired) electrons. The van der Waals surface area contributed by atoms with Crippen LogP contribution in [0.1, 0.15) is 32.3 Å². The van der Waals surface area contributed by atoms with Gasteiger partial charge in [-0.1, -0.05) is 19.9 Å². The smallest absolute Gasteiger partial charge is 0.435 e. The molecule has 1 aromatic rings. The molecule has 1 aromatic carbocycles. The summed E-state index contributed by atoms with van der Waals surface area (Å²) in [6, 6.07) is 1.48. The van der Waals surface area contributed by atoms with Crippen molar-refractivity contribution >= 4 is 5.69 Å². The second-order valence-corrected chi connectivity index (χ2v) is 4.96. The maximum atomic E-state index is 14.0. The molecule has 0 fully saturated rings. The Bertz CT molecular complexity index is 521. The highest BCUT2D eigenvalue weighted by Gasteiger charge is 2.73. The molecule has 0 bridgehead atoms. The van der Waals surface area contributed by atoms with Crippen LogP contribution in [0.4, 0.5) is 36.4 Å². The topological polar surface area (TPSA) is 35.2 Å². The van der Waals surface area contributed by atoms with Crippen LogP contribution < -0.4 is 10.5 Å². The summed E-state index contributed by atoms with van der Waals surface area (Å²) in [4.78, 5) is 0. The van der Waals surface area contributed by atoms with Crippen molar-refractivity contribution in [2.24, 2.45) is 0 Å². The number of benzene rings is 1. The quantitative estimate of drug-likeness (QED) is 0.592. The molecular formula is C14H16F7NO. The molecule has 1 rings (SSSR count). The van der Waals surface area contributed by atoms with E-state index in [2.05, 4.69) is 0 Å². The predicted octanol–water partition coefficient (Wildman–Crippen LogP) is 5.13. The summed E-state index contributed by atoms with van der Waals surface area (Å²) in [6.45, 7) is 3.44. The highest BCUT2D eigenvalue weighted by molar-refractivity contribution is 5.55. The first-order valence-corrected chi connectivity index (χ1v) is 6.77. The van der Waals surface area contributed by atoms with Gasteiger partial charge in [-0.2, -0.15) is 26.3 Å². The van der Waals surface area contributed by atoms with Crippen molar-refractivity contribution < 1.29 is 35.5 Å². The van der Waals surface area contributed by atoms with E-state index in [4.69, 9.17) is 10.5 Å². The van der Waals surface area contributed by atoms with Gasteiger partial charge < -0.3 is 10.5 Å². The zero-order chi connectivity index (χ0) is 18.1. The summed E-state index contributed by atoms with van der Waals surface area (Å²) < 4.78 is 95.8. The molecule has 0 aliphatic heterocycles. The molecule has 0 saturated heterocycles. The summed E-state index contributed by atoms with van der Waals surface area (Å²) in [5.74, 6) is -0.410. The molecule has 0 aromatic heterocycles. The maximum absolute atomic E-state index is 14.0. The van der Waals surface area contributed by atoms with Crippen LogP contribution in [0.3, 0.4) is 0 Å². The van der Waals surface area contributed by atoms with Crippen LogP contribution in [0.15, 0.2) is 18.2 Å². The van der Waals surface area contributed by atoms with Crippen molar-refractivity contribution in [3.8, 4) is 5.75 Å². The SMILES string of the molecule is CCC(CC)Oc1cc(C(F)(C(F)(F)F)C(F)(F)F)ccc1N. The number of alkyl halides is 7. The Morgan fingerprint density at radius 3 is 1.83 bits per heavy atom. The summed E-state index contributed by atoms with van der Waals surface area (Å²) in [7, 11) is 0. The van der Waals surface area contributed by atoms with E-state index in [0.717, 1.165) is 6.07 Å². The summed E-state index contributed by atoms with van der Waals surface area (Å²) >= 11 is 0. The minimum absolute atomic E-state index is 0.174. The van der Waals surface area contributed by atoms with E-state index in [0.29, 0.717) is 25.0 Å². The van der Waals surface area contributed by atoms with E-state index < -0.39 is 35.4 Å². The van der Waals surface area contributed by atoms with Gasteiger partial charge in [0.1, 0.15) is 5.75 Å². The third-order valence-electron chi connectivity index (χ3n) is 3.40. The number of rotatable bonds is 5. The van der Waals surface area contributed by atoms with Gasteiger partial charge in [-0.3, -0.25) is 0 Å². The molecule has 2 nitrogen and oxygen atoms in total. The first-order valence-electron chi connectivity index (χ1n) is 6.77. The monoisotopic (exact) mass is 347 g/mol. The Morgan fingerprint density at radius 1 is 0.957 bits per heavy atom. The molecule has 0 heterocycles. The first kappa shape index (κ1) is 19.4.